The maximum atomic E-state index is 11.9. The minimum absolute atomic E-state index is 0.0139. The average Bonchev–Trinajstić information content (AvgIpc) is 2.69. The van der Waals surface area contributed by atoms with Crippen LogP contribution in [-0.4, -0.2) is 30.9 Å². The minimum atomic E-state index is -0.980. The van der Waals surface area contributed by atoms with Crippen molar-refractivity contribution in [2.45, 2.75) is 19.9 Å². The minimum Gasteiger partial charge on any atom is -0.481 e. The van der Waals surface area contributed by atoms with E-state index in [-0.39, 0.29) is 13.0 Å². The van der Waals surface area contributed by atoms with Gasteiger partial charge in [-0.2, -0.15) is 9.36 Å². The van der Waals surface area contributed by atoms with Gasteiger partial charge in [0, 0.05) is 0 Å². The fourth-order valence-corrected chi connectivity index (χ4v) is 1.46. The van der Waals surface area contributed by atoms with Crippen molar-refractivity contribution >= 4 is 5.97 Å². The van der Waals surface area contributed by atoms with Crippen molar-refractivity contribution in [2.24, 2.45) is 0 Å². The monoisotopic (exact) mass is 248 g/mol. The molecule has 0 aliphatic carbocycles. The molecule has 0 atom stereocenters. The van der Waals surface area contributed by atoms with E-state index in [0.29, 0.717) is 5.69 Å². The predicted molar refractivity (Wildman–Crippen MR) is 62.6 cm³/mol. The second-order valence-electron chi connectivity index (χ2n) is 3.88. The zero-order valence-electron chi connectivity index (χ0n) is 9.78. The smallest absolute Gasteiger partial charge is 0.368 e. The summed E-state index contributed by atoms with van der Waals surface area (Å²) in [5.41, 5.74) is 1.23. The van der Waals surface area contributed by atoms with Crippen molar-refractivity contribution in [3.8, 4) is 5.69 Å². The highest BCUT2D eigenvalue weighted by Crippen LogP contribution is 2.04. The van der Waals surface area contributed by atoms with E-state index in [0.717, 1.165) is 14.9 Å². The van der Waals surface area contributed by atoms with Crippen LogP contribution in [0.4, 0.5) is 0 Å². The molecule has 0 amide bonds. The molecule has 94 valence electrons. The fraction of sp³-hybridized carbons (Fsp3) is 0.273. The fourth-order valence-electron chi connectivity index (χ4n) is 1.46. The molecule has 2 rings (SSSR count). The number of benzene rings is 1. The Balaban J connectivity index is 2.28. The first kappa shape index (κ1) is 12.0. The third-order valence-corrected chi connectivity index (χ3v) is 2.46. The van der Waals surface area contributed by atoms with Gasteiger partial charge in [0.2, 0.25) is 0 Å². The highest BCUT2D eigenvalue weighted by molar-refractivity contribution is 5.66. The zero-order valence-corrected chi connectivity index (χ0v) is 9.78. The first-order valence-electron chi connectivity index (χ1n) is 5.39. The summed E-state index contributed by atoms with van der Waals surface area (Å²) >= 11 is 0. The number of carboxylic acid groups (broad SMARTS) is 1. The molecule has 0 fully saturated rings. The van der Waals surface area contributed by atoms with Crippen LogP contribution < -0.4 is 5.69 Å². The first-order valence-corrected chi connectivity index (χ1v) is 5.39. The van der Waals surface area contributed by atoms with Crippen LogP contribution in [0, 0.1) is 6.92 Å². The average molecular weight is 248 g/mol. The molecular weight excluding hydrogens is 236 g/mol. The molecule has 0 aliphatic heterocycles. The molecule has 7 heteroatoms. The molecule has 0 aliphatic rings. The van der Waals surface area contributed by atoms with E-state index in [1.165, 1.54) is 0 Å². The van der Waals surface area contributed by atoms with Crippen LogP contribution in [0.2, 0.25) is 0 Å². The second kappa shape index (κ2) is 4.82. The van der Waals surface area contributed by atoms with E-state index in [9.17, 15) is 9.59 Å². The summed E-state index contributed by atoms with van der Waals surface area (Å²) in [6, 6.07) is 7.23. The molecule has 0 radical (unpaired) electrons. The van der Waals surface area contributed by atoms with E-state index in [4.69, 9.17) is 5.11 Å². The Hall–Kier alpha value is -2.44. The summed E-state index contributed by atoms with van der Waals surface area (Å²) in [4.78, 5) is 22.3. The lowest BCUT2D eigenvalue weighted by Gasteiger charge is -1.98. The lowest BCUT2D eigenvalue weighted by molar-refractivity contribution is -0.137. The normalized spacial score (nSPS) is 10.5. The van der Waals surface area contributed by atoms with Gasteiger partial charge in [0.25, 0.3) is 0 Å². The van der Waals surface area contributed by atoms with Crippen LogP contribution in [0.5, 0.6) is 0 Å². The van der Waals surface area contributed by atoms with Gasteiger partial charge in [0.15, 0.2) is 0 Å². The predicted octanol–water partition coefficient (Wildman–Crippen LogP) is 0.212. The highest BCUT2D eigenvalue weighted by Gasteiger charge is 2.09. The molecule has 0 bridgehead atoms. The van der Waals surface area contributed by atoms with E-state index < -0.39 is 11.7 Å². The molecule has 0 saturated carbocycles. The molecule has 1 N–H and O–H groups in total. The maximum Gasteiger partial charge on any atom is 0.368 e. The number of nitrogens with zero attached hydrogens (tertiary/aromatic N) is 4. The molecule has 1 heterocycles. The number of hydrogen-bond donors (Lipinski definition) is 1. The van der Waals surface area contributed by atoms with Gasteiger partial charge in [-0.05, 0) is 29.5 Å². The summed E-state index contributed by atoms with van der Waals surface area (Å²) in [6.45, 7) is 1.95. The van der Waals surface area contributed by atoms with Gasteiger partial charge < -0.3 is 5.11 Å². The standard InChI is InChI=1S/C11H12N4O3/c1-8-2-4-9(5-3-8)15-11(18)14(12-13-15)7-6-10(16)17/h2-5H,6-7H2,1H3,(H,16,17). The van der Waals surface area contributed by atoms with Gasteiger partial charge in [0.1, 0.15) is 0 Å². The van der Waals surface area contributed by atoms with Crippen molar-refractivity contribution in [3.63, 3.8) is 0 Å². The number of aromatic nitrogens is 4. The molecule has 0 spiro atoms. The van der Waals surface area contributed by atoms with Crippen LogP contribution in [0.25, 0.3) is 5.69 Å². The van der Waals surface area contributed by atoms with E-state index in [1.54, 1.807) is 12.1 Å². The molecule has 1 aromatic heterocycles. The number of aliphatic carboxylic acids is 1. The number of carboxylic acids is 1. The van der Waals surface area contributed by atoms with Crippen LogP contribution >= 0.6 is 0 Å². The zero-order chi connectivity index (χ0) is 13.1. The number of tetrazole rings is 1. The second-order valence-corrected chi connectivity index (χ2v) is 3.88. The number of hydrogen-bond acceptors (Lipinski definition) is 4. The lowest BCUT2D eigenvalue weighted by Crippen LogP contribution is -2.25. The molecule has 2 aromatic rings. The molecule has 0 unspecified atom stereocenters. The van der Waals surface area contributed by atoms with E-state index >= 15 is 0 Å². The van der Waals surface area contributed by atoms with Crippen molar-refractivity contribution in [2.75, 3.05) is 0 Å². The topological polar surface area (TPSA) is 90.0 Å². The highest BCUT2D eigenvalue weighted by atomic mass is 16.4. The van der Waals surface area contributed by atoms with Crippen molar-refractivity contribution in [3.05, 3.63) is 40.3 Å². The molecule has 7 nitrogen and oxygen atoms in total. The SMILES string of the molecule is Cc1ccc(-n2nnn(CCC(=O)O)c2=O)cc1. The van der Waals surface area contributed by atoms with Gasteiger partial charge >= 0.3 is 11.7 Å². The Morgan fingerprint density at radius 1 is 1.28 bits per heavy atom. The van der Waals surface area contributed by atoms with Crippen LogP contribution in [0.3, 0.4) is 0 Å². The molecule has 0 saturated heterocycles. The number of carbonyl (C=O) groups is 1. The van der Waals surface area contributed by atoms with E-state index in [1.807, 2.05) is 19.1 Å². The van der Waals surface area contributed by atoms with Crippen molar-refractivity contribution in [1.82, 2.24) is 19.8 Å². The molecule has 18 heavy (non-hydrogen) atoms. The van der Waals surface area contributed by atoms with Crippen molar-refractivity contribution in [1.29, 1.82) is 0 Å². The Labute approximate surface area is 102 Å². The Morgan fingerprint density at radius 3 is 2.56 bits per heavy atom. The van der Waals surface area contributed by atoms with Crippen LogP contribution in [0.1, 0.15) is 12.0 Å². The van der Waals surface area contributed by atoms with Crippen LogP contribution in [-0.2, 0) is 11.3 Å². The van der Waals surface area contributed by atoms with Crippen LogP contribution in [0.15, 0.2) is 29.1 Å². The third-order valence-electron chi connectivity index (χ3n) is 2.46. The summed E-state index contributed by atoms with van der Waals surface area (Å²) in [5, 5.41) is 15.9. The summed E-state index contributed by atoms with van der Waals surface area (Å²) in [5.74, 6) is -0.980. The van der Waals surface area contributed by atoms with Gasteiger partial charge in [-0.1, -0.05) is 17.7 Å². The Morgan fingerprint density at radius 2 is 1.94 bits per heavy atom. The maximum absolute atomic E-state index is 11.9. The summed E-state index contributed by atoms with van der Waals surface area (Å²) < 4.78 is 2.18. The number of aryl methyl sites for hydroxylation is 2. The summed E-state index contributed by atoms with van der Waals surface area (Å²) in [7, 11) is 0. The number of rotatable bonds is 4. The quantitative estimate of drug-likeness (QED) is 0.835. The van der Waals surface area contributed by atoms with Gasteiger partial charge in [0.05, 0.1) is 18.7 Å². The molecule has 1 aromatic carbocycles. The third kappa shape index (κ3) is 2.45. The summed E-state index contributed by atoms with van der Waals surface area (Å²) in [6.07, 6.45) is -0.160. The van der Waals surface area contributed by atoms with Crippen molar-refractivity contribution < 1.29 is 9.90 Å². The first-order chi connectivity index (χ1) is 8.58. The molecular formula is C11H12N4O3. The Bertz CT molecular complexity index is 612. The van der Waals surface area contributed by atoms with E-state index in [2.05, 4.69) is 10.4 Å². The van der Waals surface area contributed by atoms with Gasteiger partial charge in [-0.3, -0.25) is 4.79 Å². The largest absolute Gasteiger partial charge is 0.481 e. The van der Waals surface area contributed by atoms with Gasteiger partial charge in [-0.15, -0.1) is 0 Å². The Kier molecular flexibility index (Phi) is 3.22. The van der Waals surface area contributed by atoms with Gasteiger partial charge in [-0.25, -0.2) is 4.79 Å². The lowest BCUT2D eigenvalue weighted by atomic mass is 10.2.